The van der Waals surface area contributed by atoms with Gasteiger partial charge in [0.2, 0.25) is 0 Å². The zero-order valence-corrected chi connectivity index (χ0v) is 20.0. The van der Waals surface area contributed by atoms with Crippen molar-refractivity contribution in [1.82, 2.24) is 4.90 Å². The van der Waals surface area contributed by atoms with E-state index in [1.54, 1.807) is 11.3 Å². The van der Waals surface area contributed by atoms with Crippen LogP contribution in [0.25, 0.3) is 16.0 Å². The van der Waals surface area contributed by atoms with Crippen molar-refractivity contribution < 1.29 is 19.4 Å². The molecule has 1 aromatic carbocycles. The molecule has 0 saturated heterocycles. The highest BCUT2D eigenvalue weighted by Crippen LogP contribution is 2.43. The molecule has 1 fully saturated rings. The third kappa shape index (κ3) is 5.30. The number of benzene rings is 1. The first-order valence-electron chi connectivity index (χ1n) is 11.2. The van der Waals surface area contributed by atoms with E-state index in [0.29, 0.717) is 19.0 Å². The Morgan fingerprint density at radius 1 is 1.16 bits per heavy atom. The van der Waals surface area contributed by atoms with Gasteiger partial charge >= 0.3 is 6.09 Å². The first kappa shape index (κ1) is 24.2. The van der Waals surface area contributed by atoms with Crippen LogP contribution in [0.2, 0.25) is 0 Å². The maximum atomic E-state index is 12.2. The standard InChI is InChI=1S/C25H29NO3S.CH4O/c1-17-8-10-18(11-9-17)22-15-26(25(28)29-2)13-12-20(22)21-14-23(30-24(21)16-27)19-6-4-3-5-7-19;1-2/h3-7,14,16-18H,8-13,15H2,1-2H3;2H,1H3. The number of methoxy groups -OCH3 is 1. The van der Waals surface area contributed by atoms with Crippen LogP contribution in [0.3, 0.4) is 0 Å². The van der Waals surface area contributed by atoms with Gasteiger partial charge in [-0.1, -0.05) is 50.1 Å². The average Bonchev–Trinajstić information content (AvgIpc) is 3.30. The van der Waals surface area contributed by atoms with Gasteiger partial charge in [-0.3, -0.25) is 4.79 Å². The molecule has 0 unspecified atom stereocenters. The summed E-state index contributed by atoms with van der Waals surface area (Å²) in [6.45, 7) is 3.56. The molecule has 2 heterocycles. The average molecular weight is 456 g/mol. The minimum atomic E-state index is -0.262. The molecule has 0 radical (unpaired) electrons. The molecule has 0 bridgehead atoms. The number of carbonyl (C=O) groups excluding carboxylic acids is 2. The van der Waals surface area contributed by atoms with E-state index >= 15 is 0 Å². The highest BCUT2D eigenvalue weighted by molar-refractivity contribution is 7.17. The van der Waals surface area contributed by atoms with Crippen LogP contribution in [0.4, 0.5) is 4.79 Å². The van der Waals surface area contributed by atoms with Gasteiger partial charge in [-0.15, -0.1) is 11.3 Å². The van der Waals surface area contributed by atoms with Gasteiger partial charge < -0.3 is 14.7 Å². The van der Waals surface area contributed by atoms with E-state index in [-0.39, 0.29) is 6.09 Å². The summed E-state index contributed by atoms with van der Waals surface area (Å²) < 4.78 is 5.00. The topological polar surface area (TPSA) is 66.8 Å². The number of aldehydes is 1. The van der Waals surface area contributed by atoms with Crippen molar-refractivity contribution >= 4 is 29.3 Å². The molecule has 2 aromatic rings. The largest absolute Gasteiger partial charge is 0.453 e. The fourth-order valence-electron chi connectivity index (χ4n) is 4.84. The van der Waals surface area contributed by atoms with Crippen LogP contribution in [0.15, 0.2) is 42.0 Å². The van der Waals surface area contributed by atoms with E-state index < -0.39 is 0 Å². The van der Waals surface area contributed by atoms with Crippen molar-refractivity contribution in [2.45, 2.75) is 39.0 Å². The molecule has 2 aliphatic rings. The minimum Gasteiger partial charge on any atom is -0.453 e. The van der Waals surface area contributed by atoms with Gasteiger partial charge in [-0.2, -0.15) is 0 Å². The molecule has 5 nitrogen and oxygen atoms in total. The van der Waals surface area contributed by atoms with Crippen LogP contribution in [0.5, 0.6) is 0 Å². The number of hydrogen-bond donors (Lipinski definition) is 1. The molecule has 1 N–H and O–H groups in total. The van der Waals surface area contributed by atoms with Crippen LogP contribution in [-0.2, 0) is 4.74 Å². The zero-order valence-electron chi connectivity index (χ0n) is 19.2. The molecular weight excluding hydrogens is 422 g/mol. The van der Waals surface area contributed by atoms with Crippen molar-refractivity contribution in [2.75, 3.05) is 27.3 Å². The van der Waals surface area contributed by atoms with E-state index in [0.717, 1.165) is 59.5 Å². The van der Waals surface area contributed by atoms with Crippen LogP contribution in [0.1, 0.15) is 54.3 Å². The summed E-state index contributed by atoms with van der Waals surface area (Å²) in [6.07, 6.45) is 6.25. The van der Waals surface area contributed by atoms with E-state index in [1.807, 2.05) is 23.1 Å². The summed E-state index contributed by atoms with van der Waals surface area (Å²) in [5.41, 5.74) is 4.80. The first-order valence-corrected chi connectivity index (χ1v) is 12.1. The molecule has 4 rings (SSSR count). The fraction of sp³-hybridized carbons (Fsp3) is 0.462. The van der Waals surface area contributed by atoms with Crippen LogP contribution >= 0.6 is 11.3 Å². The first-order chi connectivity index (χ1) is 15.6. The molecule has 1 amide bonds. The molecule has 1 aliphatic heterocycles. The van der Waals surface area contributed by atoms with Gasteiger partial charge in [0.25, 0.3) is 0 Å². The molecule has 0 spiro atoms. The smallest absolute Gasteiger partial charge is 0.409 e. The van der Waals surface area contributed by atoms with Crippen molar-refractivity contribution in [1.29, 1.82) is 0 Å². The Bertz CT molecular complexity index is 942. The second kappa shape index (κ2) is 11.4. The third-order valence-corrected chi connectivity index (χ3v) is 7.68. The lowest BCUT2D eigenvalue weighted by atomic mass is 9.75. The van der Waals surface area contributed by atoms with Gasteiger partial charge in [0.15, 0.2) is 6.29 Å². The molecule has 6 heteroatoms. The van der Waals surface area contributed by atoms with Gasteiger partial charge in [0, 0.05) is 25.1 Å². The van der Waals surface area contributed by atoms with Gasteiger partial charge in [0.1, 0.15) is 0 Å². The Hall–Kier alpha value is -2.44. The number of hydrogen-bond acceptors (Lipinski definition) is 5. The Morgan fingerprint density at radius 3 is 2.47 bits per heavy atom. The Balaban J connectivity index is 0.00000141. The highest BCUT2D eigenvalue weighted by atomic mass is 32.1. The van der Waals surface area contributed by atoms with E-state index in [9.17, 15) is 9.59 Å². The van der Waals surface area contributed by atoms with E-state index in [2.05, 4.69) is 25.1 Å². The SMILES string of the molecule is CO.COC(=O)N1CCC(c2cc(-c3ccccc3)sc2C=O)=C(C2CCC(C)CC2)C1. The Morgan fingerprint density at radius 2 is 1.84 bits per heavy atom. The molecule has 1 saturated carbocycles. The number of amides is 1. The van der Waals surface area contributed by atoms with Crippen molar-refractivity contribution in [3.05, 3.63) is 52.4 Å². The Kier molecular flexibility index (Phi) is 8.65. The van der Waals surface area contributed by atoms with Gasteiger partial charge in [-0.25, -0.2) is 4.79 Å². The van der Waals surface area contributed by atoms with Crippen LogP contribution in [-0.4, -0.2) is 49.7 Å². The number of nitrogens with zero attached hydrogens (tertiary/aromatic N) is 1. The highest BCUT2D eigenvalue weighted by Gasteiger charge is 2.31. The van der Waals surface area contributed by atoms with Gasteiger partial charge in [0.05, 0.1) is 12.0 Å². The van der Waals surface area contributed by atoms with E-state index in [4.69, 9.17) is 9.84 Å². The minimum absolute atomic E-state index is 0.262. The number of aliphatic hydroxyl groups is 1. The Labute approximate surface area is 194 Å². The summed E-state index contributed by atoms with van der Waals surface area (Å²) >= 11 is 1.56. The lowest BCUT2D eigenvalue weighted by Gasteiger charge is -2.36. The molecule has 32 heavy (non-hydrogen) atoms. The predicted molar refractivity (Wildman–Crippen MR) is 130 cm³/mol. The molecule has 1 aromatic heterocycles. The number of ether oxygens (including phenoxy) is 1. The lowest BCUT2D eigenvalue weighted by Crippen LogP contribution is -2.38. The number of aliphatic hydroxyl groups excluding tert-OH is 1. The van der Waals surface area contributed by atoms with Crippen LogP contribution < -0.4 is 0 Å². The maximum absolute atomic E-state index is 12.2. The number of carbonyl (C=O) groups is 2. The van der Waals surface area contributed by atoms with Crippen molar-refractivity contribution in [3.63, 3.8) is 0 Å². The second-order valence-electron chi connectivity index (χ2n) is 8.47. The van der Waals surface area contributed by atoms with E-state index in [1.165, 1.54) is 31.1 Å². The van der Waals surface area contributed by atoms with Crippen molar-refractivity contribution in [3.8, 4) is 10.4 Å². The summed E-state index contributed by atoms with van der Waals surface area (Å²) in [5.74, 6) is 1.24. The normalized spacial score (nSPS) is 20.9. The summed E-state index contributed by atoms with van der Waals surface area (Å²) in [6, 6.07) is 12.4. The maximum Gasteiger partial charge on any atom is 0.409 e. The lowest BCUT2D eigenvalue weighted by molar-refractivity contribution is 0.112. The summed E-state index contributed by atoms with van der Waals surface area (Å²) in [5, 5.41) is 7.00. The molecule has 0 atom stereocenters. The number of thiophene rings is 1. The quantitative estimate of drug-likeness (QED) is 0.584. The van der Waals surface area contributed by atoms with Crippen molar-refractivity contribution in [2.24, 2.45) is 11.8 Å². The zero-order chi connectivity index (χ0) is 23.1. The molecule has 1 aliphatic carbocycles. The van der Waals surface area contributed by atoms with Gasteiger partial charge in [-0.05, 0) is 59.4 Å². The van der Waals surface area contributed by atoms with Crippen LogP contribution in [0, 0.1) is 11.8 Å². The third-order valence-electron chi connectivity index (χ3n) is 6.57. The summed E-state index contributed by atoms with van der Waals surface area (Å²) in [4.78, 5) is 27.9. The number of rotatable bonds is 4. The molecular formula is C26H33NO4S. The monoisotopic (exact) mass is 455 g/mol. The summed E-state index contributed by atoms with van der Waals surface area (Å²) in [7, 11) is 2.44. The molecule has 172 valence electrons. The fourth-order valence-corrected chi connectivity index (χ4v) is 5.85. The second-order valence-corrected chi connectivity index (χ2v) is 9.56. The predicted octanol–water partition coefficient (Wildman–Crippen LogP) is 5.89.